The number of imidazole rings is 1. The summed E-state index contributed by atoms with van der Waals surface area (Å²) in [5.41, 5.74) is 2.03. The second-order valence-corrected chi connectivity index (χ2v) is 3.47. The first-order valence-electron chi connectivity index (χ1n) is 4.91. The molecule has 0 aliphatic carbocycles. The normalized spacial score (nSPS) is 9.81. The van der Waals surface area contributed by atoms with Crippen LogP contribution in [-0.2, 0) is 18.4 Å². The minimum Gasteiger partial charge on any atom is -0.334 e. The highest BCUT2D eigenvalue weighted by molar-refractivity contribution is 5.55. The zero-order valence-electron chi connectivity index (χ0n) is 8.92. The molecule has 2 rings (SSSR count). The number of hydrogen-bond donors (Lipinski definition) is 0. The van der Waals surface area contributed by atoms with Crippen LogP contribution in [0.2, 0.25) is 0 Å². The van der Waals surface area contributed by atoms with Gasteiger partial charge in [0.2, 0.25) is 6.08 Å². The number of aromatic nitrogens is 2. The molecule has 0 N–H and O–H groups in total. The Balaban J connectivity index is 2.26. The molecule has 0 saturated heterocycles. The van der Waals surface area contributed by atoms with E-state index >= 15 is 0 Å². The Morgan fingerprint density at radius 3 is 2.69 bits per heavy atom. The van der Waals surface area contributed by atoms with E-state index in [4.69, 9.17) is 0 Å². The molecule has 1 aromatic carbocycles. The Hall–Kier alpha value is -2.19. The molecule has 0 bridgehead atoms. The van der Waals surface area contributed by atoms with Crippen molar-refractivity contribution in [3.8, 4) is 11.4 Å². The number of rotatable bonds is 3. The van der Waals surface area contributed by atoms with Crippen molar-refractivity contribution in [1.29, 1.82) is 0 Å². The summed E-state index contributed by atoms with van der Waals surface area (Å²) in [6, 6.07) is 7.81. The molecule has 4 nitrogen and oxygen atoms in total. The second kappa shape index (κ2) is 4.55. The predicted octanol–water partition coefficient (Wildman–Crippen LogP) is 1.92. The van der Waals surface area contributed by atoms with Crippen molar-refractivity contribution in [2.45, 2.75) is 6.54 Å². The maximum atomic E-state index is 9.97. The molecule has 4 heteroatoms. The third-order valence-electron chi connectivity index (χ3n) is 2.36. The van der Waals surface area contributed by atoms with E-state index in [0.717, 1.165) is 17.0 Å². The number of aliphatic imine (C=N–C) groups is 1. The number of hydrogen-bond acceptors (Lipinski definition) is 3. The smallest absolute Gasteiger partial charge is 0.235 e. The largest absolute Gasteiger partial charge is 0.334 e. The minimum absolute atomic E-state index is 0.379. The Morgan fingerprint density at radius 1 is 1.38 bits per heavy atom. The first-order chi connectivity index (χ1) is 7.81. The summed E-state index contributed by atoms with van der Waals surface area (Å²) in [5, 5.41) is 0. The van der Waals surface area contributed by atoms with E-state index < -0.39 is 0 Å². The van der Waals surface area contributed by atoms with Gasteiger partial charge in [-0.15, -0.1) is 0 Å². The quantitative estimate of drug-likeness (QED) is 0.577. The molecule has 1 aromatic heterocycles. The summed E-state index contributed by atoms with van der Waals surface area (Å²) in [6.07, 6.45) is 5.19. The monoisotopic (exact) mass is 213 g/mol. The van der Waals surface area contributed by atoms with Crippen LogP contribution in [0.3, 0.4) is 0 Å². The van der Waals surface area contributed by atoms with Gasteiger partial charge >= 0.3 is 0 Å². The van der Waals surface area contributed by atoms with E-state index in [0.29, 0.717) is 6.54 Å². The van der Waals surface area contributed by atoms with Crippen LogP contribution >= 0.6 is 0 Å². The van der Waals surface area contributed by atoms with Crippen LogP contribution in [0, 0.1) is 0 Å². The molecule has 0 spiro atoms. The summed E-state index contributed by atoms with van der Waals surface area (Å²) < 4.78 is 1.96. The van der Waals surface area contributed by atoms with Crippen molar-refractivity contribution in [3.63, 3.8) is 0 Å². The average molecular weight is 213 g/mol. The van der Waals surface area contributed by atoms with Gasteiger partial charge in [-0.05, 0) is 5.56 Å². The predicted molar refractivity (Wildman–Crippen MR) is 60.5 cm³/mol. The van der Waals surface area contributed by atoms with Gasteiger partial charge in [0.15, 0.2) is 0 Å². The summed E-state index contributed by atoms with van der Waals surface area (Å²) in [7, 11) is 1.95. The van der Waals surface area contributed by atoms with Gasteiger partial charge < -0.3 is 4.57 Å². The average Bonchev–Trinajstić information content (AvgIpc) is 2.74. The van der Waals surface area contributed by atoms with E-state index in [1.165, 1.54) is 6.08 Å². The molecular formula is C12H11N3O. The van der Waals surface area contributed by atoms with E-state index in [2.05, 4.69) is 9.98 Å². The molecule has 0 amide bonds. The minimum atomic E-state index is 0.379. The Bertz CT molecular complexity index is 521. The highest BCUT2D eigenvalue weighted by Gasteiger charge is 2.02. The zero-order chi connectivity index (χ0) is 11.4. The van der Waals surface area contributed by atoms with Crippen LogP contribution in [0.1, 0.15) is 5.56 Å². The van der Waals surface area contributed by atoms with Gasteiger partial charge in [-0.1, -0.05) is 24.3 Å². The third kappa shape index (κ3) is 2.07. The van der Waals surface area contributed by atoms with Gasteiger partial charge in [-0.3, -0.25) is 0 Å². The van der Waals surface area contributed by atoms with Crippen LogP contribution in [-0.4, -0.2) is 15.6 Å². The number of carbonyl (C=O) groups excluding carboxylic acids is 1. The van der Waals surface area contributed by atoms with Crippen LogP contribution in [0.25, 0.3) is 11.4 Å². The second-order valence-electron chi connectivity index (χ2n) is 3.47. The lowest BCUT2D eigenvalue weighted by Gasteiger charge is -2.02. The number of benzene rings is 1. The van der Waals surface area contributed by atoms with Gasteiger partial charge in [0.1, 0.15) is 5.82 Å². The molecular weight excluding hydrogens is 202 g/mol. The van der Waals surface area contributed by atoms with Crippen LogP contribution in [0.5, 0.6) is 0 Å². The lowest BCUT2D eigenvalue weighted by atomic mass is 10.1. The molecule has 0 saturated carbocycles. The molecule has 0 radical (unpaired) electrons. The number of nitrogens with zero attached hydrogens (tertiary/aromatic N) is 3. The Labute approximate surface area is 93.3 Å². The van der Waals surface area contributed by atoms with Crippen LogP contribution in [0.4, 0.5) is 0 Å². The van der Waals surface area contributed by atoms with Crippen molar-refractivity contribution in [3.05, 3.63) is 42.2 Å². The van der Waals surface area contributed by atoms with Gasteiger partial charge in [0.05, 0.1) is 6.54 Å². The van der Waals surface area contributed by atoms with Crippen molar-refractivity contribution < 1.29 is 4.79 Å². The Morgan fingerprint density at radius 2 is 2.12 bits per heavy atom. The van der Waals surface area contributed by atoms with E-state index in [1.807, 2.05) is 42.1 Å². The fourth-order valence-corrected chi connectivity index (χ4v) is 1.53. The molecule has 0 aliphatic rings. The van der Waals surface area contributed by atoms with Gasteiger partial charge in [0, 0.05) is 25.0 Å². The lowest BCUT2D eigenvalue weighted by Crippen LogP contribution is -1.91. The topological polar surface area (TPSA) is 47.2 Å². The Kier molecular flexibility index (Phi) is 2.94. The lowest BCUT2D eigenvalue weighted by molar-refractivity contribution is 0.563. The van der Waals surface area contributed by atoms with Crippen LogP contribution in [0.15, 0.2) is 41.7 Å². The summed E-state index contributed by atoms with van der Waals surface area (Å²) in [5.74, 6) is 0.922. The van der Waals surface area contributed by atoms with Gasteiger partial charge in [-0.25, -0.2) is 14.8 Å². The maximum Gasteiger partial charge on any atom is 0.235 e. The zero-order valence-corrected chi connectivity index (χ0v) is 8.92. The van der Waals surface area contributed by atoms with Gasteiger partial charge in [-0.2, -0.15) is 0 Å². The molecule has 80 valence electrons. The fraction of sp³-hybridized carbons (Fsp3) is 0.167. The summed E-state index contributed by atoms with van der Waals surface area (Å²) >= 11 is 0. The summed E-state index contributed by atoms with van der Waals surface area (Å²) in [6.45, 7) is 0.379. The van der Waals surface area contributed by atoms with Crippen molar-refractivity contribution in [2.24, 2.45) is 12.0 Å². The molecule has 0 atom stereocenters. The van der Waals surface area contributed by atoms with Crippen molar-refractivity contribution >= 4 is 6.08 Å². The van der Waals surface area contributed by atoms with Gasteiger partial charge in [0.25, 0.3) is 0 Å². The number of isocyanates is 1. The molecule has 0 fully saturated rings. The molecule has 16 heavy (non-hydrogen) atoms. The SMILES string of the molecule is Cn1ccnc1-c1ccc(CN=C=O)cc1. The fourth-order valence-electron chi connectivity index (χ4n) is 1.53. The molecule has 0 unspecified atom stereocenters. The molecule has 1 heterocycles. The summed E-state index contributed by atoms with van der Waals surface area (Å²) in [4.78, 5) is 17.8. The molecule has 2 aromatic rings. The van der Waals surface area contributed by atoms with E-state index in [9.17, 15) is 4.79 Å². The maximum absolute atomic E-state index is 9.97. The van der Waals surface area contributed by atoms with E-state index in [1.54, 1.807) is 6.20 Å². The molecule has 0 aliphatic heterocycles. The van der Waals surface area contributed by atoms with Crippen molar-refractivity contribution in [2.75, 3.05) is 0 Å². The third-order valence-corrected chi connectivity index (χ3v) is 2.36. The van der Waals surface area contributed by atoms with E-state index in [-0.39, 0.29) is 0 Å². The first kappa shape index (κ1) is 10.3. The van der Waals surface area contributed by atoms with Crippen LogP contribution < -0.4 is 0 Å². The van der Waals surface area contributed by atoms with Crippen molar-refractivity contribution in [1.82, 2.24) is 9.55 Å². The first-order valence-corrected chi connectivity index (χ1v) is 4.91. The number of aryl methyl sites for hydroxylation is 1. The highest BCUT2D eigenvalue weighted by atomic mass is 16.1. The highest BCUT2D eigenvalue weighted by Crippen LogP contribution is 2.17. The standard InChI is InChI=1S/C12H11N3O/c1-15-7-6-14-12(15)11-4-2-10(3-5-11)8-13-9-16/h2-7H,8H2,1H3.